The van der Waals surface area contributed by atoms with Gasteiger partial charge in [-0.3, -0.25) is 9.69 Å². The average molecular weight is 307 g/mol. The maximum absolute atomic E-state index is 12.2. The Morgan fingerprint density at radius 2 is 2.05 bits per heavy atom. The van der Waals surface area contributed by atoms with E-state index in [0.717, 1.165) is 25.2 Å². The van der Waals surface area contributed by atoms with Crippen molar-refractivity contribution >= 4 is 17.4 Å². The highest BCUT2D eigenvalue weighted by atomic mass is 35.5. The highest BCUT2D eigenvalue weighted by Gasteiger charge is 2.29. The fraction of sp³-hybridized carbons (Fsp3) is 0.588. The van der Waals surface area contributed by atoms with Crippen LogP contribution < -0.4 is 0 Å². The Morgan fingerprint density at radius 1 is 1.24 bits per heavy atom. The van der Waals surface area contributed by atoms with Crippen molar-refractivity contribution in [1.29, 1.82) is 0 Å². The maximum Gasteiger partial charge on any atom is 0.164 e. The molecule has 0 spiro atoms. The fourth-order valence-corrected chi connectivity index (χ4v) is 3.68. The molecule has 0 amide bonds. The molecule has 0 aliphatic carbocycles. The van der Waals surface area contributed by atoms with Crippen LogP contribution in [0.1, 0.15) is 36.0 Å². The molecule has 0 aromatic heterocycles. The summed E-state index contributed by atoms with van der Waals surface area (Å²) in [5.41, 5.74) is 0.734. The van der Waals surface area contributed by atoms with Crippen molar-refractivity contribution in [1.82, 2.24) is 9.80 Å². The molecule has 0 N–H and O–H groups in total. The summed E-state index contributed by atoms with van der Waals surface area (Å²) in [7, 11) is 0. The molecule has 3 rings (SSSR count). The minimum atomic E-state index is 0.196. The van der Waals surface area contributed by atoms with Crippen LogP contribution in [0.5, 0.6) is 0 Å². The molecule has 2 saturated heterocycles. The summed E-state index contributed by atoms with van der Waals surface area (Å²) < 4.78 is 0. The van der Waals surface area contributed by atoms with E-state index in [1.807, 2.05) is 12.1 Å². The second kappa shape index (κ2) is 6.91. The lowest BCUT2D eigenvalue weighted by molar-refractivity contribution is 0.0967. The third-order valence-electron chi connectivity index (χ3n) is 4.71. The lowest BCUT2D eigenvalue weighted by Gasteiger charge is -2.23. The standard InChI is InChI=1S/C17H23ClN2O/c18-15-5-3-4-14(12-15)17(21)7-11-19-10-6-16(13-19)20-8-1-2-9-20/h3-5,12,16H,1-2,6-11,13H2. The number of halogens is 1. The number of rotatable bonds is 5. The number of hydrogen-bond donors (Lipinski definition) is 0. The normalized spacial score (nSPS) is 23.8. The predicted molar refractivity (Wildman–Crippen MR) is 86.1 cm³/mol. The Kier molecular flexibility index (Phi) is 4.94. The van der Waals surface area contributed by atoms with Gasteiger partial charge in [0.15, 0.2) is 5.78 Å². The van der Waals surface area contributed by atoms with Gasteiger partial charge in [-0.05, 0) is 51.0 Å². The van der Waals surface area contributed by atoms with Crippen molar-refractivity contribution in [2.75, 3.05) is 32.7 Å². The van der Waals surface area contributed by atoms with E-state index in [0.29, 0.717) is 17.5 Å². The van der Waals surface area contributed by atoms with Gasteiger partial charge in [-0.1, -0.05) is 23.7 Å². The largest absolute Gasteiger partial charge is 0.301 e. The molecule has 1 unspecified atom stereocenters. The number of carbonyl (C=O) groups excluding carboxylic acids is 1. The number of ketones is 1. The van der Waals surface area contributed by atoms with Crippen molar-refractivity contribution in [3.05, 3.63) is 34.9 Å². The first kappa shape index (κ1) is 15.0. The van der Waals surface area contributed by atoms with Crippen LogP contribution in [0.2, 0.25) is 5.02 Å². The van der Waals surface area contributed by atoms with Crippen LogP contribution in [0.25, 0.3) is 0 Å². The molecule has 2 fully saturated rings. The molecule has 3 nitrogen and oxygen atoms in total. The van der Waals surface area contributed by atoms with E-state index in [1.54, 1.807) is 12.1 Å². The molecule has 4 heteroatoms. The van der Waals surface area contributed by atoms with Gasteiger partial charge in [0.25, 0.3) is 0 Å². The molecule has 1 atom stereocenters. The zero-order chi connectivity index (χ0) is 14.7. The zero-order valence-corrected chi connectivity index (χ0v) is 13.2. The molecule has 21 heavy (non-hydrogen) atoms. The van der Waals surface area contributed by atoms with Crippen molar-refractivity contribution in [2.45, 2.75) is 31.7 Å². The monoisotopic (exact) mass is 306 g/mol. The number of carbonyl (C=O) groups is 1. The van der Waals surface area contributed by atoms with E-state index < -0.39 is 0 Å². The van der Waals surface area contributed by atoms with Crippen LogP contribution in [0.15, 0.2) is 24.3 Å². The van der Waals surface area contributed by atoms with Crippen molar-refractivity contribution in [3.63, 3.8) is 0 Å². The number of nitrogens with zero attached hydrogens (tertiary/aromatic N) is 2. The molecular weight excluding hydrogens is 284 g/mol. The minimum Gasteiger partial charge on any atom is -0.301 e. The van der Waals surface area contributed by atoms with Gasteiger partial charge >= 0.3 is 0 Å². The van der Waals surface area contributed by atoms with Crippen molar-refractivity contribution < 1.29 is 4.79 Å². The molecule has 1 aromatic rings. The lowest BCUT2D eigenvalue weighted by atomic mass is 10.1. The third kappa shape index (κ3) is 3.85. The second-order valence-electron chi connectivity index (χ2n) is 6.17. The summed E-state index contributed by atoms with van der Waals surface area (Å²) >= 11 is 5.94. The second-order valence-corrected chi connectivity index (χ2v) is 6.61. The first-order chi connectivity index (χ1) is 10.2. The summed E-state index contributed by atoms with van der Waals surface area (Å²) in [5.74, 6) is 0.196. The Bertz CT molecular complexity index is 499. The summed E-state index contributed by atoms with van der Waals surface area (Å²) in [6, 6.07) is 7.98. The fourth-order valence-electron chi connectivity index (χ4n) is 3.49. The summed E-state index contributed by atoms with van der Waals surface area (Å²) in [6.07, 6.45) is 4.55. The third-order valence-corrected chi connectivity index (χ3v) is 4.94. The molecule has 1 aromatic carbocycles. The quantitative estimate of drug-likeness (QED) is 0.781. The highest BCUT2D eigenvalue weighted by molar-refractivity contribution is 6.31. The first-order valence-corrected chi connectivity index (χ1v) is 8.35. The van der Waals surface area contributed by atoms with Crippen LogP contribution in [0.4, 0.5) is 0 Å². The average Bonchev–Trinajstić information content (AvgIpc) is 3.15. The summed E-state index contributed by atoms with van der Waals surface area (Å²) in [6.45, 7) is 5.66. The Labute approximate surface area is 131 Å². The van der Waals surface area contributed by atoms with Gasteiger partial charge < -0.3 is 4.90 Å². The van der Waals surface area contributed by atoms with Gasteiger partial charge in [-0.2, -0.15) is 0 Å². The van der Waals surface area contributed by atoms with E-state index in [4.69, 9.17) is 11.6 Å². The minimum absolute atomic E-state index is 0.196. The highest BCUT2D eigenvalue weighted by Crippen LogP contribution is 2.21. The smallest absolute Gasteiger partial charge is 0.164 e. The number of Topliss-reactive ketones (excluding diaryl/α,β-unsaturated/α-hetero) is 1. The van der Waals surface area contributed by atoms with E-state index in [9.17, 15) is 4.79 Å². The predicted octanol–water partition coefficient (Wildman–Crippen LogP) is 3.08. The van der Waals surface area contributed by atoms with Crippen molar-refractivity contribution in [2.24, 2.45) is 0 Å². The Morgan fingerprint density at radius 3 is 2.81 bits per heavy atom. The van der Waals surface area contributed by atoms with Gasteiger partial charge in [0.2, 0.25) is 0 Å². The molecule has 2 aliphatic rings. The Hall–Kier alpha value is -0.900. The summed E-state index contributed by atoms with van der Waals surface area (Å²) in [5, 5.41) is 0.635. The molecule has 2 aliphatic heterocycles. The SMILES string of the molecule is O=C(CCN1CCC(N2CCCC2)C1)c1cccc(Cl)c1. The molecule has 0 saturated carbocycles. The van der Waals surface area contributed by atoms with Crippen LogP contribution in [0.3, 0.4) is 0 Å². The van der Waals surface area contributed by atoms with Crippen molar-refractivity contribution in [3.8, 4) is 0 Å². The molecule has 0 radical (unpaired) electrons. The van der Waals surface area contributed by atoms with Crippen LogP contribution in [-0.2, 0) is 0 Å². The lowest BCUT2D eigenvalue weighted by Crippen LogP contribution is -2.35. The van der Waals surface area contributed by atoms with E-state index >= 15 is 0 Å². The van der Waals surface area contributed by atoms with Gasteiger partial charge in [0.05, 0.1) is 0 Å². The van der Waals surface area contributed by atoms with Crippen LogP contribution in [0, 0.1) is 0 Å². The zero-order valence-electron chi connectivity index (χ0n) is 12.4. The number of benzene rings is 1. The molecule has 114 valence electrons. The summed E-state index contributed by atoms with van der Waals surface area (Å²) in [4.78, 5) is 17.3. The molecule has 2 heterocycles. The van der Waals surface area contributed by atoms with E-state index in [2.05, 4.69) is 9.80 Å². The topological polar surface area (TPSA) is 23.6 Å². The van der Waals surface area contributed by atoms with E-state index in [1.165, 1.54) is 32.4 Å². The van der Waals surface area contributed by atoms with Gasteiger partial charge in [-0.15, -0.1) is 0 Å². The number of hydrogen-bond acceptors (Lipinski definition) is 3. The molecular formula is C17H23ClN2O. The molecule has 0 bridgehead atoms. The van der Waals surface area contributed by atoms with Crippen LogP contribution >= 0.6 is 11.6 Å². The Balaban J connectivity index is 1.46. The first-order valence-electron chi connectivity index (χ1n) is 7.97. The van der Waals surface area contributed by atoms with Gasteiger partial charge in [0, 0.05) is 36.1 Å². The van der Waals surface area contributed by atoms with Crippen LogP contribution in [-0.4, -0.2) is 54.3 Å². The number of likely N-dealkylation sites (tertiary alicyclic amines) is 2. The maximum atomic E-state index is 12.2. The van der Waals surface area contributed by atoms with Gasteiger partial charge in [0.1, 0.15) is 0 Å². The van der Waals surface area contributed by atoms with Gasteiger partial charge in [-0.25, -0.2) is 0 Å². The van der Waals surface area contributed by atoms with E-state index in [-0.39, 0.29) is 5.78 Å².